The maximum absolute atomic E-state index is 11.2. The second-order valence-electron chi connectivity index (χ2n) is 7.84. The lowest BCUT2D eigenvalue weighted by Crippen LogP contribution is -2.89. The summed E-state index contributed by atoms with van der Waals surface area (Å²) in [5, 5.41) is 32.6. The van der Waals surface area contributed by atoms with Gasteiger partial charge in [0.05, 0.1) is 11.2 Å². The fourth-order valence-corrected chi connectivity index (χ4v) is 5.95. The molecule has 18 heavy (non-hydrogen) atoms. The van der Waals surface area contributed by atoms with Crippen LogP contribution in [0.3, 0.4) is 0 Å². The Bertz CT molecular complexity index is 384. The van der Waals surface area contributed by atoms with Gasteiger partial charge in [0.15, 0.2) is 0 Å². The van der Waals surface area contributed by atoms with Crippen molar-refractivity contribution in [1.82, 2.24) is 0 Å². The molecule has 4 aliphatic rings. The van der Waals surface area contributed by atoms with Crippen LogP contribution in [-0.4, -0.2) is 32.1 Å². The molecule has 0 aromatic rings. The molecule has 3 heteroatoms. The van der Waals surface area contributed by atoms with Gasteiger partial charge in [-0.05, 0) is 45.4 Å². The molecular weight excluding hydrogens is 228 g/mol. The highest BCUT2D eigenvalue weighted by Crippen LogP contribution is 2.77. The van der Waals surface area contributed by atoms with E-state index in [4.69, 9.17) is 0 Å². The first-order valence-electron chi connectivity index (χ1n) is 7.26. The maximum Gasteiger partial charge on any atom is 0.103 e. The summed E-state index contributed by atoms with van der Waals surface area (Å²) in [6.07, 6.45) is 3.37. The molecule has 0 heterocycles. The minimum atomic E-state index is -1.09. The zero-order valence-electron chi connectivity index (χ0n) is 11.9. The molecule has 1 unspecified atom stereocenters. The lowest BCUT2D eigenvalue weighted by atomic mass is 9.27. The second kappa shape index (κ2) is 3.13. The van der Waals surface area contributed by atoms with Crippen molar-refractivity contribution >= 4 is 0 Å². The van der Waals surface area contributed by atoms with Gasteiger partial charge >= 0.3 is 0 Å². The van der Waals surface area contributed by atoms with Crippen molar-refractivity contribution in [1.29, 1.82) is 0 Å². The molecule has 4 bridgehead atoms. The van der Waals surface area contributed by atoms with E-state index in [1.54, 1.807) is 13.8 Å². The van der Waals surface area contributed by atoms with Crippen molar-refractivity contribution in [2.45, 2.75) is 70.2 Å². The first kappa shape index (κ1) is 12.9. The molecule has 4 saturated carbocycles. The topological polar surface area (TPSA) is 60.7 Å². The molecule has 0 aromatic carbocycles. The van der Waals surface area contributed by atoms with Crippen LogP contribution in [0.5, 0.6) is 0 Å². The van der Waals surface area contributed by atoms with Gasteiger partial charge in [-0.2, -0.15) is 0 Å². The predicted octanol–water partition coefficient (Wildman–Crippen LogP) is 1.70. The minimum Gasteiger partial charge on any atom is -0.390 e. The van der Waals surface area contributed by atoms with Crippen molar-refractivity contribution < 1.29 is 15.3 Å². The number of aliphatic hydroxyl groups is 3. The number of hydrogen-bond donors (Lipinski definition) is 3. The Morgan fingerprint density at radius 3 is 2.28 bits per heavy atom. The van der Waals surface area contributed by atoms with Crippen molar-refractivity contribution in [2.75, 3.05) is 0 Å². The molecule has 0 aliphatic heterocycles. The summed E-state index contributed by atoms with van der Waals surface area (Å²) in [5.74, 6) is 0.345. The number of hydrogen-bond acceptors (Lipinski definition) is 3. The van der Waals surface area contributed by atoms with Crippen LogP contribution in [0.15, 0.2) is 0 Å². The second-order valence-corrected chi connectivity index (χ2v) is 7.84. The number of rotatable bonds is 1. The fourth-order valence-electron chi connectivity index (χ4n) is 5.95. The van der Waals surface area contributed by atoms with Gasteiger partial charge < -0.3 is 15.3 Å². The Labute approximate surface area is 109 Å². The largest absolute Gasteiger partial charge is 0.390 e. The Morgan fingerprint density at radius 2 is 1.72 bits per heavy atom. The highest BCUT2D eigenvalue weighted by atomic mass is 16.4. The van der Waals surface area contributed by atoms with Crippen molar-refractivity contribution in [3.05, 3.63) is 0 Å². The molecule has 0 spiro atoms. The van der Waals surface area contributed by atoms with E-state index in [0.717, 1.165) is 19.3 Å². The van der Waals surface area contributed by atoms with Crippen molar-refractivity contribution in [3.63, 3.8) is 0 Å². The first-order chi connectivity index (χ1) is 8.09. The van der Waals surface area contributed by atoms with Gasteiger partial charge in [0.1, 0.15) is 5.60 Å². The fraction of sp³-hybridized carbons (Fsp3) is 1.00. The van der Waals surface area contributed by atoms with Gasteiger partial charge in [-0.25, -0.2) is 0 Å². The Morgan fingerprint density at radius 1 is 1.11 bits per heavy atom. The molecule has 0 amide bonds. The summed E-state index contributed by atoms with van der Waals surface area (Å²) in [7, 11) is 0. The highest BCUT2D eigenvalue weighted by Gasteiger charge is 2.84. The monoisotopic (exact) mass is 254 g/mol. The Balaban J connectivity index is 2.10. The molecule has 3 nitrogen and oxygen atoms in total. The summed E-state index contributed by atoms with van der Waals surface area (Å²) in [5.41, 5.74) is -3.16. The lowest BCUT2D eigenvalue weighted by Gasteiger charge is -2.80. The third-order valence-electron chi connectivity index (χ3n) is 6.63. The van der Waals surface area contributed by atoms with Crippen LogP contribution in [0.4, 0.5) is 0 Å². The summed E-state index contributed by atoms with van der Waals surface area (Å²) >= 11 is 0. The van der Waals surface area contributed by atoms with E-state index >= 15 is 0 Å². The Hall–Kier alpha value is -0.120. The molecule has 0 radical (unpaired) electrons. The van der Waals surface area contributed by atoms with E-state index in [2.05, 4.69) is 13.8 Å². The van der Waals surface area contributed by atoms with E-state index in [0.29, 0.717) is 12.3 Å². The molecule has 4 rings (SSSR count). The van der Waals surface area contributed by atoms with Crippen LogP contribution in [0.2, 0.25) is 0 Å². The molecule has 4 aliphatic carbocycles. The smallest absolute Gasteiger partial charge is 0.103 e. The minimum absolute atomic E-state index is 0.133. The van der Waals surface area contributed by atoms with Crippen LogP contribution in [0.25, 0.3) is 0 Å². The van der Waals surface area contributed by atoms with Gasteiger partial charge in [-0.3, -0.25) is 0 Å². The standard InChI is InChI=1S/C15H26O3/c1-9-5-8-14(17)13(4)7-6-10(12(2,3)16)15(14,18)11(9)13/h9-11,16-18H,5-8H2,1-4H3/t9-,10+,11-,13?,14+,15-/m1/s1. The van der Waals surface area contributed by atoms with Crippen LogP contribution in [0, 0.1) is 23.2 Å². The van der Waals surface area contributed by atoms with Gasteiger partial charge in [-0.1, -0.05) is 13.8 Å². The number of fused-ring (bicyclic) bond motifs is 2. The zero-order valence-corrected chi connectivity index (χ0v) is 11.9. The SMILES string of the molecule is C[C@@H]1CC[C@]2(O)C3(C)CC[C@@H](C(C)(C)O)[C@@]2(O)[C@H]13. The molecule has 4 fully saturated rings. The molecule has 3 N–H and O–H groups in total. The van der Waals surface area contributed by atoms with Crippen molar-refractivity contribution in [3.8, 4) is 0 Å². The van der Waals surface area contributed by atoms with E-state index < -0.39 is 16.8 Å². The zero-order chi connectivity index (χ0) is 13.6. The van der Waals surface area contributed by atoms with Crippen LogP contribution < -0.4 is 0 Å². The third-order valence-corrected chi connectivity index (χ3v) is 6.63. The highest BCUT2D eigenvalue weighted by molar-refractivity contribution is 5.34. The third kappa shape index (κ3) is 1.05. The van der Waals surface area contributed by atoms with Crippen LogP contribution >= 0.6 is 0 Å². The normalized spacial score (nSPS) is 59.2. The van der Waals surface area contributed by atoms with E-state index in [9.17, 15) is 15.3 Å². The summed E-state index contributed by atoms with van der Waals surface area (Å²) in [6.45, 7) is 7.84. The summed E-state index contributed by atoms with van der Waals surface area (Å²) in [4.78, 5) is 0. The quantitative estimate of drug-likeness (QED) is 0.667. The molecular formula is C15H26O3. The molecule has 0 saturated heterocycles. The van der Waals surface area contributed by atoms with Gasteiger partial charge in [0.2, 0.25) is 0 Å². The van der Waals surface area contributed by atoms with Crippen molar-refractivity contribution in [2.24, 2.45) is 23.2 Å². The van der Waals surface area contributed by atoms with Gasteiger partial charge in [-0.15, -0.1) is 0 Å². The average Bonchev–Trinajstić information content (AvgIpc) is 2.21. The van der Waals surface area contributed by atoms with E-state index in [1.165, 1.54) is 0 Å². The van der Waals surface area contributed by atoms with E-state index in [-0.39, 0.29) is 17.3 Å². The van der Waals surface area contributed by atoms with Gasteiger partial charge in [0, 0.05) is 17.3 Å². The molecule has 104 valence electrons. The first-order valence-corrected chi connectivity index (χ1v) is 7.26. The predicted molar refractivity (Wildman–Crippen MR) is 68.9 cm³/mol. The summed E-state index contributed by atoms with van der Waals surface area (Å²) < 4.78 is 0. The van der Waals surface area contributed by atoms with Crippen LogP contribution in [-0.2, 0) is 0 Å². The molecule has 0 aromatic heterocycles. The van der Waals surface area contributed by atoms with Crippen LogP contribution in [0.1, 0.15) is 53.4 Å². The summed E-state index contributed by atoms with van der Waals surface area (Å²) in [6, 6.07) is 0. The lowest BCUT2D eigenvalue weighted by molar-refractivity contribution is -0.430. The Kier molecular flexibility index (Phi) is 2.24. The average molecular weight is 254 g/mol. The molecule has 6 atom stereocenters. The maximum atomic E-state index is 11.2. The van der Waals surface area contributed by atoms with E-state index in [1.807, 2.05) is 0 Å². The van der Waals surface area contributed by atoms with Gasteiger partial charge in [0.25, 0.3) is 0 Å².